The third-order valence-corrected chi connectivity index (χ3v) is 10.2. The van der Waals surface area contributed by atoms with Crippen molar-refractivity contribution in [2.24, 2.45) is 0 Å². The summed E-state index contributed by atoms with van der Waals surface area (Å²) in [6.45, 7) is 2.49. The van der Waals surface area contributed by atoms with E-state index in [0.29, 0.717) is 11.3 Å². The molecule has 2 amide bonds. The molecule has 0 heterocycles. The van der Waals surface area contributed by atoms with Crippen LogP contribution in [0.25, 0.3) is 0 Å². The fourth-order valence-electron chi connectivity index (χ4n) is 5.70. The number of rotatable bonds is 14. The van der Waals surface area contributed by atoms with Crippen molar-refractivity contribution in [1.82, 2.24) is 10.2 Å². The van der Waals surface area contributed by atoms with Crippen LogP contribution < -0.4 is 19.1 Å². The van der Waals surface area contributed by atoms with Crippen LogP contribution in [0.5, 0.6) is 11.5 Å². The highest BCUT2D eigenvalue weighted by molar-refractivity contribution is 7.92. The van der Waals surface area contributed by atoms with Gasteiger partial charge in [-0.05, 0) is 68.1 Å². The number of aryl methyl sites for hydroxylation is 1. The number of nitro groups is 1. The number of nitrogens with zero attached hydrogens (tertiary/aromatic N) is 3. The molecule has 1 aliphatic carbocycles. The van der Waals surface area contributed by atoms with E-state index in [-0.39, 0.29) is 46.9 Å². The number of benzene rings is 3. The smallest absolute Gasteiger partial charge is 0.273 e. The van der Waals surface area contributed by atoms with Gasteiger partial charge >= 0.3 is 0 Å². The first-order valence-corrected chi connectivity index (χ1v) is 17.1. The molecule has 1 atom stereocenters. The minimum atomic E-state index is -4.64. The summed E-state index contributed by atoms with van der Waals surface area (Å²) in [4.78, 5) is 40.1. The maximum Gasteiger partial charge on any atom is 0.273 e. The number of hydrogen-bond donors (Lipinski definition) is 1. The number of ether oxygens (including phenoxy) is 2. The first-order valence-electron chi connectivity index (χ1n) is 15.2. The SMILES string of the molecule is CC[C@H](C(=O)NC1CCCC1)N(Cc1cccc(OC)c1)C(=O)CN(c1cc(Cl)ccc1OC)S(=O)(=O)c1ccc(C)c([N+](=O)[O-])c1. The Balaban J connectivity index is 1.82. The number of nitro benzene ring substituents is 1. The molecular weight excluding hydrogens is 648 g/mol. The average Bonchev–Trinajstić information content (AvgIpc) is 3.56. The Morgan fingerprint density at radius 1 is 1.06 bits per heavy atom. The van der Waals surface area contributed by atoms with Crippen molar-refractivity contribution in [1.29, 1.82) is 0 Å². The molecule has 252 valence electrons. The molecule has 0 aliphatic heterocycles. The predicted molar refractivity (Wildman–Crippen MR) is 178 cm³/mol. The summed E-state index contributed by atoms with van der Waals surface area (Å²) in [6.07, 6.45) is 3.94. The first kappa shape index (κ1) is 35.5. The molecule has 1 N–H and O–H groups in total. The highest BCUT2D eigenvalue weighted by atomic mass is 35.5. The van der Waals surface area contributed by atoms with Gasteiger partial charge in [0.25, 0.3) is 15.7 Å². The summed E-state index contributed by atoms with van der Waals surface area (Å²) in [5.41, 5.74) is 0.472. The lowest BCUT2D eigenvalue weighted by Crippen LogP contribution is -2.53. The molecule has 0 bridgehead atoms. The van der Waals surface area contributed by atoms with Crippen LogP contribution in [-0.2, 0) is 26.2 Å². The van der Waals surface area contributed by atoms with Crippen LogP contribution in [0.1, 0.15) is 50.2 Å². The zero-order chi connectivity index (χ0) is 34.3. The lowest BCUT2D eigenvalue weighted by atomic mass is 10.1. The van der Waals surface area contributed by atoms with Gasteiger partial charge < -0.3 is 19.7 Å². The van der Waals surface area contributed by atoms with E-state index in [0.717, 1.165) is 36.1 Å². The van der Waals surface area contributed by atoms with Crippen molar-refractivity contribution in [2.45, 2.75) is 69.5 Å². The van der Waals surface area contributed by atoms with Crippen LogP contribution in [0.3, 0.4) is 0 Å². The van der Waals surface area contributed by atoms with Crippen molar-refractivity contribution < 1.29 is 32.4 Å². The highest BCUT2D eigenvalue weighted by Crippen LogP contribution is 2.36. The second-order valence-corrected chi connectivity index (χ2v) is 13.6. The van der Waals surface area contributed by atoms with Crippen LogP contribution in [0, 0.1) is 17.0 Å². The normalized spacial score (nSPS) is 13.9. The number of halogens is 1. The molecule has 1 fully saturated rings. The summed E-state index contributed by atoms with van der Waals surface area (Å²) in [6, 6.07) is 13.9. The molecule has 47 heavy (non-hydrogen) atoms. The van der Waals surface area contributed by atoms with Crippen molar-refractivity contribution in [3.8, 4) is 11.5 Å². The maximum absolute atomic E-state index is 14.4. The monoisotopic (exact) mass is 686 g/mol. The van der Waals surface area contributed by atoms with E-state index in [1.54, 1.807) is 31.2 Å². The number of hydrogen-bond acceptors (Lipinski definition) is 8. The van der Waals surface area contributed by atoms with E-state index in [4.69, 9.17) is 21.1 Å². The van der Waals surface area contributed by atoms with E-state index >= 15 is 0 Å². The summed E-state index contributed by atoms with van der Waals surface area (Å²) < 4.78 is 40.3. The number of amides is 2. The zero-order valence-electron chi connectivity index (χ0n) is 26.8. The van der Waals surface area contributed by atoms with Crippen molar-refractivity contribution in [2.75, 3.05) is 25.1 Å². The maximum atomic E-state index is 14.4. The number of carbonyl (C=O) groups excluding carboxylic acids is 2. The van der Waals surface area contributed by atoms with Gasteiger partial charge in [0.05, 0.1) is 29.7 Å². The topological polar surface area (TPSA) is 148 Å². The molecule has 3 aromatic carbocycles. The second kappa shape index (κ2) is 15.5. The van der Waals surface area contributed by atoms with E-state index in [1.165, 1.54) is 56.4 Å². The van der Waals surface area contributed by atoms with Gasteiger partial charge in [-0.2, -0.15) is 0 Å². The Morgan fingerprint density at radius 3 is 2.43 bits per heavy atom. The van der Waals surface area contributed by atoms with E-state index < -0.39 is 44.0 Å². The molecule has 0 aromatic heterocycles. The van der Waals surface area contributed by atoms with Gasteiger partial charge in [-0.1, -0.05) is 49.6 Å². The Morgan fingerprint density at radius 2 is 1.79 bits per heavy atom. The van der Waals surface area contributed by atoms with Crippen LogP contribution in [0.4, 0.5) is 11.4 Å². The quantitative estimate of drug-likeness (QED) is 0.169. The van der Waals surface area contributed by atoms with Gasteiger partial charge in [0.15, 0.2) is 0 Å². The molecule has 0 unspecified atom stereocenters. The Kier molecular flexibility index (Phi) is 11.7. The van der Waals surface area contributed by atoms with E-state index in [1.807, 2.05) is 0 Å². The molecule has 1 aliphatic rings. The number of anilines is 1. The Hall–Kier alpha value is -4.36. The molecule has 0 spiro atoms. The van der Waals surface area contributed by atoms with Crippen molar-refractivity contribution >= 4 is 44.8 Å². The van der Waals surface area contributed by atoms with Crippen LogP contribution in [0.15, 0.2) is 65.6 Å². The Labute approximate surface area is 279 Å². The molecule has 12 nitrogen and oxygen atoms in total. The van der Waals surface area contributed by atoms with Gasteiger partial charge in [-0.15, -0.1) is 0 Å². The number of methoxy groups -OCH3 is 2. The van der Waals surface area contributed by atoms with E-state index in [9.17, 15) is 28.1 Å². The van der Waals surface area contributed by atoms with Crippen LogP contribution in [-0.4, -0.2) is 62.9 Å². The third kappa shape index (κ3) is 8.33. The molecule has 4 rings (SSSR count). The van der Waals surface area contributed by atoms with Crippen LogP contribution >= 0.6 is 11.6 Å². The van der Waals surface area contributed by atoms with Gasteiger partial charge in [0, 0.05) is 29.2 Å². The first-order chi connectivity index (χ1) is 22.4. The molecular formula is C33H39ClN4O8S. The van der Waals surface area contributed by atoms with Gasteiger partial charge in [0.2, 0.25) is 11.8 Å². The molecule has 3 aromatic rings. The summed E-state index contributed by atoms with van der Waals surface area (Å²) >= 11 is 6.31. The van der Waals surface area contributed by atoms with Crippen molar-refractivity contribution in [3.63, 3.8) is 0 Å². The minimum Gasteiger partial charge on any atom is -0.497 e. The average molecular weight is 687 g/mol. The molecule has 1 saturated carbocycles. The van der Waals surface area contributed by atoms with Gasteiger partial charge in [-0.3, -0.25) is 24.0 Å². The fourth-order valence-corrected chi connectivity index (χ4v) is 7.30. The standard InChI is InChI=1S/C33H39ClN4O8S/c1-5-28(33(40)35-25-10-6-7-11-25)36(20-23-9-8-12-26(17-23)45-3)32(39)21-37(30-18-24(34)14-16-31(30)46-4)47(43,44)27-15-13-22(2)29(19-27)38(41)42/h8-9,12-19,25,28H,5-7,10-11,20-21H2,1-4H3,(H,35,40)/t28-/m1/s1. The number of nitrogens with one attached hydrogen (secondary N) is 1. The second-order valence-electron chi connectivity index (χ2n) is 11.3. The zero-order valence-corrected chi connectivity index (χ0v) is 28.3. The number of sulfonamides is 1. The van der Waals surface area contributed by atoms with Gasteiger partial charge in [-0.25, -0.2) is 8.42 Å². The Bertz CT molecular complexity index is 1730. The minimum absolute atomic E-state index is 0.00440. The molecule has 0 saturated heterocycles. The summed E-state index contributed by atoms with van der Waals surface area (Å²) in [5, 5.41) is 15.0. The molecule has 0 radical (unpaired) electrons. The summed E-state index contributed by atoms with van der Waals surface area (Å²) in [5.74, 6) is -0.377. The van der Waals surface area contributed by atoms with Gasteiger partial charge in [0.1, 0.15) is 24.1 Å². The number of carbonyl (C=O) groups is 2. The lowest BCUT2D eigenvalue weighted by molar-refractivity contribution is -0.385. The lowest BCUT2D eigenvalue weighted by Gasteiger charge is -2.34. The molecule has 14 heteroatoms. The van der Waals surface area contributed by atoms with Crippen molar-refractivity contribution in [3.05, 3.63) is 86.9 Å². The van der Waals surface area contributed by atoms with E-state index in [2.05, 4.69) is 5.32 Å². The third-order valence-electron chi connectivity index (χ3n) is 8.23. The van der Waals surface area contributed by atoms with Crippen LogP contribution in [0.2, 0.25) is 5.02 Å². The largest absolute Gasteiger partial charge is 0.497 e. The summed E-state index contributed by atoms with van der Waals surface area (Å²) in [7, 11) is -1.78. The fraction of sp³-hybridized carbons (Fsp3) is 0.394. The predicted octanol–water partition coefficient (Wildman–Crippen LogP) is 5.64. The highest BCUT2D eigenvalue weighted by Gasteiger charge is 2.36.